The number of alkyl halides is 3. The van der Waals surface area contributed by atoms with Gasteiger partial charge in [0, 0.05) is 0 Å². The lowest BCUT2D eigenvalue weighted by Crippen LogP contribution is -2.12. The number of rotatable bonds is 7. The van der Waals surface area contributed by atoms with Crippen LogP contribution in [0.1, 0.15) is 19.5 Å². The number of hydrogen-bond acceptors (Lipinski definition) is 8. The topological polar surface area (TPSA) is 94.1 Å². The molecule has 0 spiro atoms. The zero-order chi connectivity index (χ0) is 17.6. The molecule has 11 heteroatoms. The second kappa shape index (κ2) is 7.84. The van der Waals surface area contributed by atoms with Crippen molar-refractivity contribution in [1.29, 1.82) is 0 Å². The van der Waals surface area contributed by atoms with Gasteiger partial charge in [0.1, 0.15) is 11.4 Å². The summed E-state index contributed by atoms with van der Waals surface area (Å²) in [6, 6.07) is 3.45. The Kier molecular flexibility index (Phi) is 5.82. The molecule has 24 heavy (non-hydrogen) atoms. The van der Waals surface area contributed by atoms with Crippen LogP contribution in [0, 0.1) is 0 Å². The number of hydrogen-bond donors (Lipinski definition) is 2. The van der Waals surface area contributed by atoms with Gasteiger partial charge in [-0.15, -0.1) is 0 Å². The van der Waals surface area contributed by atoms with Gasteiger partial charge in [0.05, 0.1) is 13.2 Å². The fraction of sp³-hybridized carbons (Fsp3) is 0.385. The maximum Gasteiger partial charge on any atom is 0.433 e. The smallest absolute Gasteiger partial charge is 0.274 e. The minimum Gasteiger partial charge on any atom is -0.274 e. The molecule has 0 radical (unpaired) electrons. The fourth-order valence-electron chi connectivity index (χ4n) is 1.57. The fourth-order valence-corrected chi connectivity index (χ4v) is 1.57. The molecule has 0 aliphatic carbocycles. The number of pyridine rings is 1. The number of nitrogens with zero attached hydrogens (tertiary/aromatic N) is 4. The third-order valence-corrected chi connectivity index (χ3v) is 2.52. The highest BCUT2D eigenvalue weighted by Gasteiger charge is 2.32. The van der Waals surface area contributed by atoms with E-state index >= 15 is 0 Å². The first-order chi connectivity index (χ1) is 11.4. The largest absolute Gasteiger partial charge is 0.433 e. The normalized spacial score (nSPS) is 11.4. The average molecular weight is 344 g/mol. The minimum absolute atomic E-state index is 0.00302. The number of anilines is 2. The molecule has 0 amide bonds. The summed E-state index contributed by atoms with van der Waals surface area (Å²) in [6.45, 7) is 4.14. The van der Waals surface area contributed by atoms with Gasteiger partial charge in [-0.2, -0.15) is 28.1 Å². The standard InChI is InChI=1S/C13H15F3N6O2/c1-3-23-21-11-18-10(19-12(20-11)22-24-4-2)8-6-5-7-9(17-8)13(14,15)16/h5-7H,3-4H2,1-2H3,(H2,18,19,20,21,22). The van der Waals surface area contributed by atoms with Crippen molar-refractivity contribution < 1.29 is 22.8 Å². The van der Waals surface area contributed by atoms with Crippen LogP contribution in [-0.2, 0) is 15.9 Å². The first kappa shape index (κ1) is 17.8. The van der Waals surface area contributed by atoms with Gasteiger partial charge < -0.3 is 0 Å². The first-order valence-corrected chi connectivity index (χ1v) is 7.00. The van der Waals surface area contributed by atoms with E-state index in [1.54, 1.807) is 13.8 Å². The summed E-state index contributed by atoms with van der Waals surface area (Å²) in [7, 11) is 0. The van der Waals surface area contributed by atoms with Crippen LogP contribution in [0.3, 0.4) is 0 Å². The van der Waals surface area contributed by atoms with Gasteiger partial charge in [0.15, 0.2) is 5.82 Å². The van der Waals surface area contributed by atoms with E-state index in [9.17, 15) is 13.2 Å². The molecule has 2 aromatic heterocycles. The predicted molar refractivity (Wildman–Crippen MR) is 78.6 cm³/mol. The summed E-state index contributed by atoms with van der Waals surface area (Å²) in [5.74, 6) is -0.0629. The molecular formula is C13H15F3N6O2. The molecule has 0 unspecified atom stereocenters. The molecule has 2 aromatic rings. The maximum absolute atomic E-state index is 12.8. The van der Waals surface area contributed by atoms with Crippen LogP contribution in [-0.4, -0.2) is 33.1 Å². The molecular weight excluding hydrogens is 329 g/mol. The summed E-state index contributed by atoms with van der Waals surface area (Å²) < 4.78 is 38.4. The molecule has 2 rings (SSSR count). The van der Waals surface area contributed by atoms with Gasteiger partial charge in [-0.1, -0.05) is 6.07 Å². The quantitative estimate of drug-likeness (QED) is 0.741. The van der Waals surface area contributed by atoms with E-state index < -0.39 is 11.9 Å². The van der Waals surface area contributed by atoms with Crippen molar-refractivity contribution >= 4 is 11.9 Å². The van der Waals surface area contributed by atoms with Crippen LogP contribution >= 0.6 is 0 Å². The van der Waals surface area contributed by atoms with Crippen molar-refractivity contribution in [3.8, 4) is 11.5 Å². The lowest BCUT2D eigenvalue weighted by atomic mass is 10.3. The van der Waals surface area contributed by atoms with Gasteiger partial charge in [0.2, 0.25) is 0 Å². The Morgan fingerprint density at radius 2 is 1.50 bits per heavy atom. The monoisotopic (exact) mass is 344 g/mol. The van der Waals surface area contributed by atoms with Gasteiger partial charge in [0.25, 0.3) is 11.9 Å². The highest BCUT2D eigenvalue weighted by molar-refractivity contribution is 5.53. The Hall–Kier alpha value is -2.53. The lowest BCUT2D eigenvalue weighted by molar-refractivity contribution is -0.141. The van der Waals surface area contributed by atoms with E-state index in [2.05, 4.69) is 30.9 Å². The van der Waals surface area contributed by atoms with Crippen LogP contribution in [0.5, 0.6) is 0 Å². The molecule has 130 valence electrons. The van der Waals surface area contributed by atoms with Crippen LogP contribution in [0.25, 0.3) is 11.5 Å². The number of nitrogens with one attached hydrogen (secondary N) is 2. The van der Waals surface area contributed by atoms with Gasteiger partial charge in [-0.05, 0) is 26.0 Å². The van der Waals surface area contributed by atoms with Gasteiger partial charge >= 0.3 is 6.18 Å². The van der Waals surface area contributed by atoms with Crippen molar-refractivity contribution in [3.63, 3.8) is 0 Å². The van der Waals surface area contributed by atoms with Crippen LogP contribution in [0.4, 0.5) is 25.1 Å². The second-order valence-electron chi connectivity index (χ2n) is 4.28. The van der Waals surface area contributed by atoms with E-state index in [0.29, 0.717) is 13.2 Å². The van der Waals surface area contributed by atoms with E-state index in [1.807, 2.05) is 0 Å². The van der Waals surface area contributed by atoms with Crippen LogP contribution in [0.2, 0.25) is 0 Å². The van der Waals surface area contributed by atoms with E-state index in [-0.39, 0.29) is 23.4 Å². The second-order valence-corrected chi connectivity index (χ2v) is 4.28. The number of halogens is 3. The van der Waals surface area contributed by atoms with Crippen molar-refractivity contribution in [2.75, 3.05) is 24.2 Å². The molecule has 8 nitrogen and oxygen atoms in total. The maximum atomic E-state index is 12.8. The average Bonchev–Trinajstić information content (AvgIpc) is 2.57. The van der Waals surface area contributed by atoms with E-state index in [4.69, 9.17) is 9.68 Å². The molecule has 0 aromatic carbocycles. The Morgan fingerprint density at radius 3 is 2.00 bits per heavy atom. The van der Waals surface area contributed by atoms with Crippen molar-refractivity contribution in [1.82, 2.24) is 19.9 Å². The Morgan fingerprint density at radius 1 is 0.917 bits per heavy atom. The molecule has 0 saturated carbocycles. The SMILES string of the molecule is CCONc1nc(NOCC)nc(-c2cccc(C(F)(F)F)n2)n1. The molecule has 2 heterocycles. The first-order valence-electron chi connectivity index (χ1n) is 7.00. The molecule has 0 bridgehead atoms. The highest BCUT2D eigenvalue weighted by atomic mass is 19.4. The predicted octanol–water partition coefficient (Wildman–Crippen LogP) is 2.68. The van der Waals surface area contributed by atoms with Crippen molar-refractivity contribution in [3.05, 3.63) is 23.9 Å². The highest BCUT2D eigenvalue weighted by Crippen LogP contribution is 2.29. The van der Waals surface area contributed by atoms with Crippen LogP contribution in [0.15, 0.2) is 18.2 Å². The Labute approximate surface area is 135 Å². The lowest BCUT2D eigenvalue weighted by Gasteiger charge is -2.10. The summed E-state index contributed by atoms with van der Waals surface area (Å²) in [5.41, 5.74) is 3.81. The van der Waals surface area contributed by atoms with Crippen molar-refractivity contribution in [2.24, 2.45) is 0 Å². The third kappa shape index (κ3) is 4.73. The molecule has 0 aliphatic rings. The summed E-state index contributed by atoms with van der Waals surface area (Å²) in [5, 5.41) is 0. The van der Waals surface area contributed by atoms with E-state index in [1.165, 1.54) is 12.1 Å². The van der Waals surface area contributed by atoms with Crippen molar-refractivity contribution in [2.45, 2.75) is 20.0 Å². The minimum atomic E-state index is -4.57. The summed E-state index contributed by atoms with van der Waals surface area (Å²) in [4.78, 5) is 25.4. The van der Waals surface area contributed by atoms with Crippen LogP contribution < -0.4 is 11.0 Å². The summed E-state index contributed by atoms with van der Waals surface area (Å²) >= 11 is 0. The van der Waals surface area contributed by atoms with Gasteiger partial charge in [-0.25, -0.2) is 15.9 Å². The molecule has 0 atom stereocenters. The number of aromatic nitrogens is 4. The zero-order valence-electron chi connectivity index (χ0n) is 12.9. The Balaban J connectivity index is 2.40. The Bertz CT molecular complexity index is 657. The zero-order valence-corrected chi connectivity index (χ0v) is 12.9. The molecule has 0 aliphatic heterocycles. The van der Waals surface area contributed by atoms with E-state index in [0.717, 1.165) is 6.07 Å². The molecule has 0 saturated heterocycles. The third-order valence-electron chi connectivity index (χ3n) is 2.52. The summed E-state index contributed by atoms with van der Waals surface area (Å²) in [6.07, 6.45) is -4.57. The molecule has 2 N–H and O–H groups in total. The van der Waals surface area contributed by atoms with Gasteiger partial charge in [-0.3, -0.25) is 9.68 Å². The molecule has 0 fully saturated rings.